The number of methoxy groups -OCH3 is 1. The lowest BCUT2D eigenvalue weighted by atomic mass is 10.2. The quantitative estimate of drug-likeness (QED) is 0.379. The molecular formula is C11H20N2O3. The number of nitrogens with one attached hydrogen (secondary N) is 1. The van der Waals surface area contributed by atoms with Crippen molar-refractivity contribution in [2.24, 2.45) is 5.92 Å². The first-order chi connectivity index (χ1) is 7.52. The molecule has 1 atom stereocenters. The Kier molecular flexibility index (Phi) is 7.20. The average molecular weight is 228 g/mol. The smallest absolute Gasteiger partial charge is 0.310 e. The molecular weight excluding hydrogens is 208 g/mol. The number of rotatable bonds is 7. The molecule has 5 heteroatoms. The van der Waals surface area contributed by atoms with Gasteiger partial charge in [-0.1, -0.05) is 13.0 Å². The number of carbonyl (C=O) groups is 2. The van der Waals surface area contributed by atoms with Crippen LogP contribution in [0.5, 0.6) is 0 Å². The summed E-state index contributed by atoms with van der Waals surface area (Å²) in [6.07, 6.45) is 1.68. The molecule has 0 saturated heterocycles. The first-order valence-corrected chi connectivity index (χ1v) is 5.16. The summed E-state index contributed by atoms with van der Waals surface area (Å²) in [5.41, 5.74) is 0. The molecule has 1 N–H and O–H groups in total. The third-order valence-electron chi connectivity index (χ3n) is 2.14. The Hall–Kier alpha value is -1.36. The van der Waals surface area contributed by atoms with E-state index in [2.05, 4.69) is 16.6 Å². The number of hydrogen-bond donors (Lipinski definition) is 1. The topological polar surface area (TPSA) is 58.6 Å². The van der Waals surface area contributed by atoms with Crippen LogP contribution in [-0.4, -0.2) is 50.6 Å². The molecule has 1 unspecified atom stereocenters. The Morgan fingerprint density at radius 2 is 2.19 bits per heavy atom. The summed E-state index contributed by atoms with van der Waals surface area (Å²) in [5, 5.41) is 2.91. The van der Waals surface area contributed by atoms with Gasteiger partial charge in [-0.2, -0.15) is 0 Å². The van der Waals surface area contributed by atoms with E-state index >= 15 is 0 Å². The van der Waals surface area contributed by atoms with E-state index in [9.17, 15) is 9.59 Å². The van der Waals surface area contributed by atoms with Crippen molar-refractivity contribution in [3.63, 3.8) is 0 Å². The molecule has 0 fully saturated rings. The maximum Gasteiger partial charge on any atom is 0.310 e. The first-order valence-electron chi connectivity index (χ1n) is 5.16. The van der Waals surface area contributed by atoms with Gasteiger partial charge in [0.15, 0.2) is 0 Å². The third kappa shape index (κ3) is 5.50. The van der Waals surface area contributed by atoms with Gasteiger partial charge in [-0.3, -0.25) is 9.59 Å². The zero-order chi connectivity index (χ0) is 12.6. The zero-order valence-electron chi connectivity index (χ0n) is 10.2. The van der Waals surface area contributed by atoms with Crippen LogP contribution in [0.1, 0.15) is 6.92 Å². The van der Waals surface area contributed by atoms with Crippen LogP contribution >= 0.6 is 0 Å². The molecule has 1 amide bonds. The predicted molar refractivity (Wildman–Crippen MR) is 61.9 cm³/mol. The lowest BCUT2D eigenvalue weighted by molar-refractivity contribution is -0.146. The number of amides is 1. The molecule has 0 aromatic carbocycles. The standard InChI is InChI=1S/C11H20N2O3/c1-5-6-12-7-10(14)13(3)8-9(2)11(15)16-4/h5,9,12H,1,6-8H2,2-4H3. The van der Waals surface area contributed by atoms with Gasteiger partial charge < -0.3 is 15.0 Å². The van der Waals surface area contributed by atoms with Crippen LogP contribution in [0.2, 0.25) is 0 Å². The van der Waals surface area contributed by atoms with E-state index in [0.717, 1.165) is 0 Å². The molecule has 5 nitrogen and oxygen atoms in total. The van der Waals surface area contributed by atoms with Gasteiger partial charge in [-0.15, -0.1) is 6.58 Å². The van der Waals surface area contributed by atoms with Crippen LogP contribution in [0.15, 0.2) is 12.7 Å². The normalized spacial score (nSPS) is 11.7. The van der Waals surface area contributed by atoms with E-state index in [0.29, 0.717) is 13.1 Å². The number of carbonyl (C=O) groups excluding carboxylic acids is 2. The molecule has 0 aliphatic carbocycles. The van der Waals surface area contributed by atoms with E-state index in [1.807, 2.05) is 0 Å². The second-order valence-corrected chi connectivity index (χ2v) is 3.62. The van der Waals surface area contributed by atoms with Crippen molar-refractivity contribution >= 4 is 11.9 Å². The molecule has 16 heavy (non-hydrogen) atoms. The molecule has 0 aliphatic heterocycles. The summed E-state index contributed by atoms with van der Waals surface area (Å²) in [4.78, 5) is 24.2. The maximum atomic E-state index is 11.5. The predicted octanol–water partition coefficient (Wildman–Crippen LogP) is 0.0295. The minimum absolute atomic E-state index is 0.0578. The maximum absolute atomic E-state index is 11.5. The minimum Gasteiger partial charge on any atom is -0.469 e. The van der Waals surface area contributed by atoms with Crippen molar-refractivity contribution in [2.45, 2.75) is 6.92 Å². The molecule has 0 spiro atoms. The van der Waals surface area contributed by atoms with E-state index in [1.165, 1.54) is 12.0 Å². The van der Waals surface area contributed by atoms with Crippen molar-refractivity contribution in [1.29, 1.82) is 0 Å². The van der Waals surface area contributed by atoms with E-state index in [1.54, 1.807) is 20.0 Å². The number of ether oxygens (including phenoxy) is 1. The second kappa shape index (κ2) is 7.87. The number of likely N-dealkylation sites (N-methyl/N-ethyl adjacent to an activating group) is 1. The van der Waals surface area contributed by atoms with Gasteiger partial charge in [0.1, 0.15) is 0 Å². The van der Waals surface area contributed by atoms with Gasteiger partial charge in [0.25, 0.3) is 0 Å². The highest BCUT2D eigenvalue weighted by Crippen LogP contribution is 2.00. The van der Waals surface area contributed by atoms with Crippen molar-refractivity contribution in [2.75, 3.05) is 33.8 Å². The number of nitrogens with zero attached hydrogens (tertiary/aromatic N) is 1. The molecule has 0 radical (unpaired) electrons. The highest BCUT2D eigenvalue weighted by atomic mass is 16.5. The Balaban J connectivity index is 3.94. The van der Waals surface area contributed by atoms with Gasteiger partial charge >= 0.3 is 5.97 Å². The molecule has 0 aliphatic rings. The van der Waals surface area contributed by atoms with E-state index in [-0.39, 0.29) is 24.3 Å². The Bertz CT molecular complexity index is 254. The highest BCUT2D eigenvalue weighted by molar-refractivity contribution is 5.79. The summed E-state index contributed by atoms with van der Waals surface area (Å²) >= 11 is 0. The third-order valence-corrected chi connectivity index (χ3v) is 2.14. The Morgan fingerprint density at radius 3 is 2.69 bits per heavy atom. The Morgan fingerprint density at radius 1 is 1.56 bits per heavy atom. The molecule has 0 rings (SSSR count). The highest BCUT2D eigenvalue weighted by Gasteiger charge is 2.18. The van der Waals surface area contributed by atoms with Crippen molar-refractivity contribution in [1.82, 2.24) is 10.2 Å². The summed E-state index contributed by atoms with van der Waals surface area (Å²) in [5.74, 6) is -0.672. The van der Waals surface area contributed by atoms with Gasteiger partial charge in [0.05, 0.1) is 19.6 Å². The van der Waals surface area contributed by atoms with Gasteiger partial charge in [0.2, 0.25) is 5.91 Å². The van der Waals surface area contributed by atoms with Gasteiger partial charge in [0, 0.05) is 20.1 Å². The molecule has 0 aromatic heterocycles. The lowest BCUT2D eigenvalue weighted by Crippen LogP contribution is -2.39. The van der Waals surface area contributed by atoms with E-state index in [4.69, 9.17) is 0 Å². The van der Waals surface area contributed by atoms with Crippen molar-refractivity contribution in [3.8, 4) is 0 Å². The van der Waals surface area contributed by atoms with Crippen LogP contribution in [0, 0.1) is 5.92 Å². The van der Waals surface area contributed by atoms with Crippen LogP contribution < -0.4 is 5.32 Å². The molecule has 0 saturated carbocycles. The molecule has 0 aromatic rings. The summed E-state index contributed by atoms with van der Waals surface area (Å²) in [6.45, 7) is 6.46. The Labute approximate surface area is 96.4 Å². The monoisotopic (exact) mass is 228 g/mol. The molecule has 0 heterocycles. The van der Waals surface area contributed by atoms with Crippen LogP contribution in [0.25, 0.3) is 0 Å². The number of hydrogen-bond acceptors (Lipinski definition) is 4. The van der Waals surface area contributed by atoms with Crippen molar-refractivity contribution in [3.05, 3.63) is 12.7 Å². The molecule has 0 bridgehead atoms. The minimum atomic E-state index is -0.307. The average Bonchev–Trinajstić information content (AvgIpc) is 2.27. The zero-order valence-corrected chi connectivity index (χ0v) is 10.2. The largest absolute Gasteiger partial charge is 0.469 e. The fourth-order valence-corrected chi connectivity index (χ4v) is 1.20. The fourth-order valence-electron chi connectivity index (χ4n) is 1.20. The number of esters is 1. The second-order valence-electron chi connectivity index (χ2n) is 3.62. The van der Waals surface area contributed by atoms with Crippen LogP contribution in [-0.2, 0) is 14.3 Å². The van der Waals surface area contributed by atoms with Crippen molar-refractivity contribution < 1.29 is 14.3 Å². The van der Waals surface area contributed by atoms with Crippen LogP contribution in [0.4, 0.5) is 0 Å². The van der Waals surface area contributed by atoms with Gasteiger partial charge in [-0.25, -0.2) is 0 Å². The van der Waals surface area contributed by atoms with Crippen LogP contribution in [0.3, 0.4) is 0 Å². The first kappa shape index (κ1) is 14.6. The SMILES string of the molecule is C=CCNCC(=O)N(C)CC(C)C(=O)OC. The summed E-state index contributed by atoms with van der Waals surface area (Å²) in [6, 6.07) is 0. The van der Waals surface area contributed by atoms with E-state index < -0.39 is 0 Å². The summed E-state index contributed by atoms with van der Waals surface area (Å²) < 4.78 is 4.59. The summed E-state index contributed by atoms with van der Waals surface area (Å²) in [7, 11) is 3.00. The fraction of sp³-hybridized carbons (Fsp3) is 0.636. The van der Waals surface area contributed by atoms with Gasteiger partial charge in [-0.05, 0) is 0 Å². The lowest BCUT2D eigenvalue weighted by Gasteiger charge is -2.20. The molecule has 92 valence electrons.